The second-order valence-corrected chi connectivity index (χ2v) is 3.31. The molecule has 0 aromatic carbocycles. The molecule has 2 rings (SSSR count). The molecule has 2 N–H and O–H groups in total. The van der Waals surface area contributed by atoms with Gasteiger partial charge in [-0.05, 0) is 12.3 Å². The molecule has 1 saturated carbocycles. The van der Waals surface area contributed by atoms with Crippen LogP contribution in [0.25, 0.3) is 0 Å². The number of fused-ring (bicyclic) bond motifs is 1. The van der Waals surface area contributed by atoms with Crippen molar-refractivity contribution in [1.82, 2.24) is 10.6 Å². The second-order valence-electron chi connectivity index (χ2n) is 3.31. The number of amides is 3. The molecule has 0 aromatic heterocycles. The van der Waals surface area contributed by atoms with Crippen molar-refractivity contribution in [2.24, 2.45) is 11.8 Å². The molecule has 1 unspecified atom stereocenters. The van der Waals surface area contributed by atoms with Gasteiger partial charge in [-0.15, -0.1) is 0 Å². The van der Waals surface area contributed by atoms with E-state index in [0.29, 0.717) is 5.92 Å². The third-order valence-corrected chi connectivity index (χ3v) is 2.54. The fraction of sp³-hybridized carbons (Fsp3) is 0.714. The lowest BCUT2D eigenvalue weighted by Crippen LogP contribution is -2.65. The standard InChI is InChI=1S/C7H10N2O2/c1-3-2-4-5(3)8-7(11)9-6(4)10/h3-5H,2H2,1H3,(H2,8,9,10,11)/t3?,4-,5+/m0/s1. The van der Waals surface area contributed by atoms with Crippen LogP contribution in [-0.4, -0.2) is 18.0 Å². The predicted molar refractivity (Wildman–Crippen MR) is 37.7 cm³/mol. The summed E-state index contributed by atoms with van der Waals surface area (Å²) >= 11 is 0. The van der Waals surface area contributed by atoms with Crippen molar-refractivity contribution in [3.63, 3.8) is 0 Å². The van der Waals surface area contributed by atoms with Crippen LogP contribution in [0.1, 0.15) is 13.3 Å². The Morgan fingerprint density at radius 2 is 2.18 bits per heavy atom. The molecule has 1 heterocycles. The molecule has 4 nitrogen and oxygen atoms in total. The highest BCUT2D eigenvalue weighted by molar-refractivity contribution is 5.99. The van der Waals surface area contributed by atoms with Crippen LogP contribution in [0.15, 0.2) is 0 Å². The van der Waals surface area contributed by atoms with Crippen molar-refractivity contribution in [1.29, 1.82) is 0 Å². The molecule has 1 saturated heterocycles. The molecule has 4 heteroatoms. The van der Waals surface area contributed by atoms with Crippen molar-refractivity contribution in [2.75, 3.05) is 0 Å². The Labute approximate surface area is 64.3 Å². The minimum Gasteiger partial charge on any atom is -0.334 e. The van der Waals surface area contributed by atoms with Crippen LogP contribution < -0.4 is 10.6 Å². The minimum absolute atomic E-state index is 0.0303. The van der Waals surface area contributed by atoms with Gasteiger partial charge in [0.05, 0.1) is 5.92 Å². The normalized spacial score (nSPS) is 41.7. The van der Waals surface area contributed by atoms with Crippen LogP contribution in [0.5, 0.6) is 0 Å². The molecular weight excluding hydrogens is 144 g/mol. The van der Waals surface area contributed by atoms with E-state index in [0.717, 1.165) is 6.42 Å². The maximum Gasteiger partial charge on any atom is 0.321 e. The molecule has 0 spiro atoms. The van der Waals surface area contributed by atoms with Gasteiger partial charge in [-0.3, -0.25) is 10.1 Å². The highest BCUT2D eigenvalue weighted by Crippen LogP contribution is 2.35. The number of nitrogens with one attached hydrogen (secondary N) is 2. The third-order valence-electron chi connectivity index (χ3n) is 2.54. The molecule has 0 aromatic rings. The summed E-state index contributed by atoms with van der Waals surface area (Å²) in [4.78, 5) is 21.8. The Balaban J connectivity index is 2.13. The molecule has 2 aliphatic rings. The highest BCUT2D eigenvalue weighted by Gasteiger charge is 2.46. The van der Waals surface area contributed by atoms with Gasteiger partial charge in [-0.2, -0.15) is 0 Å². The summed E-state index contributed by atoms with van der Waals surface area (Å²) in [5, 5.41) is 4.97. The summed E-state index contributed by atoms with van der Waals surface area (Å²) in [5.41, 5.74) is 0. The van der Waals surface area contributed by atoms with Gasteiger partial charge < -0.3 is 5.32 Å². The zero-order chi connectivity index (χ0) is 8.01. The van der Waals surface area contributed by atoms with Crippen molar-refractivity contribution >= 4 is 11.9 Å². The van der Waals surface area contributed by atoms with Gasteiger partial charge in [0.25, 0.3) is 0 Å². The van der Waals surface area contributed by atoms with E-state index in [1.165, 1.54) is 0 Å². The molecule has 0 radical (unpaired) electrons. The minimum atomic E-state index is -0.345. The molecular formula is C7H10N2O2. The third kappa shape index (κ3) is 0.818. The van der Waals surface area contributed by atoms with Crippen molar-refractivity contribution in [3.8, 4) is 0 Å². The Kier molecular flexibility index (Phi) is 1.19. The monoisotopic (exact) mass is 154 g/mol. The molecule has 3 atom stereocenters. The quantitative estimate of drug-likeness (QED) is 0.509. The van der Waals surface area contributed by atoms with E-state index in [1.807, 2.05) is 6.92 Å². The topological polar surface area (TPSA) is 58.2 Å². The molecule has 0 bridgehead atoms. The maximum atomic E-state index is 11.0. The summed E-state index contributed by atoms with van der Waals surface area (Å²) in [7, 11) is 0. The van der Waals surface area contributed by atoms with Crippen molar-refractivity contribution < 1.29 is 9.59 Å². The number of rotatable bonds is 0. The van der Waals surface area contributed by atoms with Gasteiger partial charge in [0.15, 0.2) is 0 Å². The Morgan fingerprint density at radius 3 is 2.82 bits per heavy atom. The average molecular weight is 154 g/mol. The van der Waals surface area contributed by atoms with Gasteiger partial charge in [0.1, 0.15) is 0 Å². The van der Waals surface area contributed by atoms with Gasteiger partial charge in [-0.25, -0.2) is 4.79 Å². The molecule has 60 valence electrons. The Hall–Kier alpha value is -1.06. The van der Waals surface area contributed by atoms with E-state index in [2.05, 4.69) is 10.6 Å². The first-order chi connectivity index (χ1) is 5.18. The Bertz CT molecular complexity index is 226. The van der Waals surface area contributed by atoms with E-state index in [4.69, 9.17) is 0 Å². The SMILES string of the molecule is CC1C[C@@H]2C(=O)NC(=O)N[C@H]12. The summed E-state index contributed by atoms with van der Waals surface area (Å²) < 4.78 is 0. The second kappa shape index (κ2) is 1.96. The van der Waals surface area contributed by atoms with Gasteiger partial charge in [0.2, 0.25) is 5.91 Å². The van der Waals surface area contributed by atoms with E-state index in [-0.39, 0.29) is 23.9 Å². The predicted octanol–water partition coefficient (Wildman–Crippen LogP) is -0.150. The smallest absolute Gasteiger partial charge is 0.321 e. The lowest BCUT2D eigenvalue weighted by molar-refractivity contribution is -0.131. The zero-order valence-electron chi connectivity index (χ0n) is 6.26. The van der Waals surface area contributed by atoms with E-state index in [1.54, 1.807) is 0 Å². The largest absolute Gasteiger partial charge is 0.334 e. The van der Waals surface area contributed by atoms with Crippen LogP contribution in [0, 0.1) is 11.8 Å². The van der Waals surface area contributed by atoms with Crippen LogP contribution in [-0.2, 0) is 4.79 Å². The Morgan fingerprint density at radius 1 is 1.45 bits per heavy atom. The summed E-state index contributed by atoms with van der Waals surface area (Å²) in [6, 6.07) is -0.251. The van der Waals surface area contributed by atoms with Gasteiger partial charge in [-0.1, -0.05) is 6.92 Å². The molecule has 11 heavy (non-hydrogen) atoms. The molecule has 2 fully saturated rings. The van der Waals surface area contributed by atoms with Gasteiger partial charge >= 0.3 is 6.03 Å². The van der Waals surface area contributed by atoms with Gasteiger partial charge in [0, 0.05) is 6.04 Å². The maximum absolute atomic E-state index is 11.0. The summed E-state index contributed by atoms with van der Waals surface area (Å²) in [6.45, 7) is 2.04. The fourth-order valence-electron chi connectivity index (χ4n) is 1.80. The number of imide groups is 1. The van der Waals surface area contributed by atoms with Crippen LogP contribution >= 0.6 is 0 Å². The molecule has 1 aliphatic carbocycles. The van der Waals surface area contributed by atoms with Crippen LogP contribution in [0.3, 0.4) is 0 Å². The zero-order valence-corrected chi connectivity index (χ0v) is 6.26. The number of carbonyl (C=O) groups excluding carboxylic acids is 2. The lowest BCUT2D eigenvalue weighted by atomic mass is 9.69. The first kappa shape index (κ1) is 6.64. The van der Waals surface area contributed by atoms with E-state index < -0.39 is 0 Å². The number of hydrogen-bond acceptors (Lipinski definition) is 2. The summed E-state index contributed by atoms with van der Waals surface area (Å²) in [6.07, 6.45) is 0.900. The van der Waals surface area contributed by atoms with Crippen LogP contribution in [0.4, 0.5) is 4.79 Å². The highest BCUT2D eigenvalue weighted by atomic mass is 16.2. The first-order valence-corrected chi connectivity index (χ1v) is 3.80. The van der Waals surface area contributed by atoms with Crippen molar-refractivity contribution in [3.05, 3.63) is 0 Å². The average Bonchev–Trinajstić information content (AvgIpc) is 1.93. The first-order valence-electron chi connectivity index (χ1n) is 3.80. The summed E-state index contributed by atoms with van der Waals surface area (Å²) in [5.74, 6) is 0.370. The number of hydrogen-bond donors (Lipinski definition) is 2. The van der Waals surface area contributed by atoms with E-state index >= 15 is 0 Å². The number of urea groups is 1. The van der Waals surface area contributed by atoms with Crippen molar-refractivity contribution in [2.45, 2.75) is 19.4 Å². The lowest BCUT2D eigenvalue weighted by Gasteiger charge is -2.44. The molecule has 1 aliphatic heterocycles. The fourth-order valence-corrected chi connectivity index (χ4v) is 1.80. The molecule has 3 amide bonds. The van der Waals surface area contributed by atoms with E-state index in [9.17, 15) is 9.59 Å². The number of carbonyl (C=O) groups is 2. The van der Waals surface area contributed by atoms with Crippen LogP contribution in [0.2, 0.25) is 0 Å².